The number of nitrogens with one attached hydrogen (secondary N) is 1. The molecule has 1 N–H and O–H groups in total. The second-order valence-electron chi connectivity index (χ2n) is 9.38. The van der Waals surface area contributed by atoms with Crippen LogP contribution < -0.4 is 10.1 Å². The molecule has 2 aromatic rings. The lowest BCUT2D eigenvalue weighted by Crippen LogP contribution is -2.52. The molecular formula is C27H30N2O5. The van der Waals surface area contributed by atoms with Gasteiger partial charge in [-0.05, 0) is 61.3 Å². The normalized spacial score (nSPS) is 20.9. The van der Waals surface area contributed by atoms with Crippen molar-refractivity contribution in [3.05, 3.63) is 64.7 Å². The van der Waals surface area contributed by atoms with Crippen molar-refractivity contribution in [2.75, 3.05) is 13.2 Å². The number of carbonyl (C=O) groups is 3. The Hall–Kier alpha value is -3.19. The van der Waals surface area contributed by atoms with Gasteiger partial charge in [0.05, 0.1) is 6.54 Å². The van der Waals surface area contributed by atoms with E-state index in [1.54, 1.807) is 17.0 Å². The van der Waals surface area contributed by atoms with E-state index in [-0.39, 0.29) is 18.2 Å². The number of hydrogen-bond acceptors (Lipinski definition) is 5. The molecule has 3 amide bonds. The van der Waals surface area contributed by atoms with Gasteiger partial charge in [-0.15, -0.1) is 0 Å². The predicted octanol–water partition coefficient (Wildman–Crippen LogP) is 3.39. The number of aryl methyl sites for hydroxylation is 1. The molecule has 3 aliphatic heterocycles. The molecule has 5 rings (SSSR count). The molecule has 0 aromatic heterocycles. The lowest BCUT2D eigenvalue weighted by Gasteiger charge is -2.29. The molecule has 0 aliphatic carbocycles. The van der Waals surface area contributed by atoms with Crippen molar-refractivity contribution in [2.45, 2.75) is 57.7 Å². The number of fused-ring (bicyclic) bond motifs is 1. The van der Waals surface area contributed by atoms with E-state index in [0.717, 1.165) is 49.5 Å². The molecule has 2 saturated heterocycles. The molecule has 7 nitrogen and oxygen atoms in total. The van der Waals surface area contributed by atoms with Crippen molar-refractivity contribution in [2.24, 2.45) is 5.92 Å². The minimum absolute atomic E-state index is 0.191. The zero-order chi connectivity index (χ0) is 23.5. The zero-order valence-corrected chi connectivity index (χ0v) is 19.3. The third kappa shape index (κ3) is 4.85. The minimum atomic E-state index is -0.626. The highest BCUT2D eigenvalue weighted by Gasteiger charge is 2.40. The third-order valence-electron chi connectivity index (χ3n) is 7.14. The number of piperidine rings is 1. The number of benzene rings is 2. The van der Waals surface area contributed by atoms with Gasteiger partial charge in [-0.1, -0.05) is 30.3 Å². The quantitative estimate of drug-likeness (QED) is 0.638. The molecule has 2 aromatic carbocycles. The monoisotopic (exact) mass is 462 g/mol. The first-order valence-electron chi connectivity index (χ1n) is 12.1. The maximum absolute atomic E-state index is 13.0. The molecular weight excluding hydrogens is 432 g/mol. The summed E-state index contributed by atoms with van der Waals surface area (Å²) in [5.41, 5.74) is 3.76. The van der Waals surface area contributed by atoms with Crippen LogP contribution in [0.5, 0.6) is 5.75 Å². The molecule has 0 bridgehead atoms. The molecule has 1 atom stereocenters. The average molecular weight is 463 g/mol. The fraction of sp³-hybridized carbons (Fsp3) is 0.444. The van der Waals surface area contributed by atoms with Gasteiger partial charge >= 0.3 is 0 Å². The Kier molecular flexibility index (Phi) is 6.63. The second-order valence-corrected chi connectivity index (χ2v) is 9.38. The van der Waals surface area contributed by atoms with E-state index in [0.29, 0.717) is 30.9 Å². The van der Waals surface area contributed by atoms with Gasteiger partial charge in [-0.3, -0.25) is 19.7 Å². The van der Waals surface area contributed by atoms with Crippen LogP contribution >= 0.6 is 0 Å². The van der Waals surface area contributed by atoms with Gasteiger partial charge < -0.3 is 14.4 Å². The maximum Gasteiger partial charge on any atom is 0.255 e. The lowest BCUT2D eigenvalue weighted by atomic mass is 9.93. The van der Waals surface area contributed by atoms with Crippen LogP contribution in [0.1, 0.15) is 59.2 Å². The standard InChI is InChI=1S/C27H30N2O5/c30-25-11-10-23(26(31)28-25)29-16-22-21(27(29)32)2-1-3-24(22)34-17-20-8-6-18(7-9-20)4-5-19-12-14-33-15-13-19/h1-3,6-9,19,23H,4-5,10-17H2,(H,28,30,31). The van der Waals surface area contributed by atoms with Crippen molar-refractivity contribution in [1.82, 2.24) is 10.2 Å². The van der Waals surface area contributed by atoms with Gasteiger partial charge in [0.25, 0.3) is 5.91 Å². The van der Waals surface area contributed by atoms with Crippen LogP contribution in [0.15, 0.2) is 42.5 Å². The molecule has 1 unspecified atom stereocenters. The Morgan fingerprint density at radius 2 is 1.74 bits per heavy atom. The highest BCUT2D eigenvalue weighted by atomic mass is 16.5. The Balaban J connectivity index is 1.19. The number of amides is 3. The van der Waals surface area contributed by atoms with Crippen molar-refractivity contribution < 1.29 is 23.9 Å². The summed E-state index contributed by atoms with van der Waals surface area (Å²) in [6.45, 7) is 2.49. The van der Waals surface area contributed by atoms with Crippen molar-refractivity contribution in [3.63, 3.8) is 0 Å². The number of nitrogens with zero attached hydrogens (tertiary/aromatic N) is 1. The van der Waals surface area contributed by atoms with E-state index in [1.165, 1.54) is 12.0 Å². The Morgan fingerprint density at radius 3 is 2.50 bits per heavy atom. The smallest absolute Gasteiger partial charge is 0.255 e. The highest BCUT2D eigenvalue weighted by Crippen LogP contribution is 2.34. The largest absolute Gasteiger partial charge is 0.489 e. The summed E-state index contributed by atoms with van der Waals surface area (Å²) in [7, 11) is 0. The van der Waals surface area contributed by atoms with Crippen LogP contribution in [0.2, 0.25) is 0 Å². The minimum Gasteiger partial charge on any atom is -0.489 e. The van der Waals surface area contributed by atoms with E-state index in [1.807, 2.05) is 6.07 Å². The van der Waals surface area contributed by atoms with Gasteiger partial charge in [0.15, 0.2) is 0 Å². The molecule has 0 saturated carbocycles. The van der Waals surface area contributed by atoms with E-state index in [9.17, 15) is 14.4 Å². The lowest BCUT2D eigenvalue weighted by molar-refractivity contribution is -0.136. The molecule has 2 fully saturated rings. The van der Waals surface area contributed by atoms with Gasteiger partial charge in [0, 0.05) is 30.8 Å². The second kappa shape index (κ2) is 9.97. The van der Waals surface area contributed by atoms with Gasteiger partial charge in [-0.25, -0.2) is 0 Å². The number of carbonyl (C=O) groups excluding carboxylic acids is 3. The molecule has 3 aliphatic rings. The topological polar surface area (TPSA) is 84.9 Å². The SMILES string of the molecule is O=C1CCC(N2Cc3c(OCc4ccc(CCC5CCOCC5)cc4)cccc3C2=O)C(=O)N1. The van der Waals surface area contributed by atoms with Crippen molar-refractivity contribution in [3.8, 4) is 5.75 Å². The van der Waals surface area contributed by atoms with Crippen LogP contribution in [-0.2, 0) is 33.9 Å². The maximum atomic E-state index is 13.0. The van der Waals surface area contributed by atoms with Crippen LogP contribution in [0.3, 0.4) is 0 Å². The fourth-order valence-electron chi connectivity index (χ4n) is 5.06. The predicted molar refractivity (Wildman–Crippen MR) is 125 cm³/mol. The summed E-state index contributed by atoms with van der Waals surface area (Å²) in [6, 6.07) is 13.3. The molecule has 0 radical (unpaired) electrons. The van der Waals surface area contributed by atoms with Gasteiger partial charge in [-0.2, -0.15) is 0 Å². The first-order chi connectivity index (χ1) is 16.6. The Labute approximate surface area is 199 Å². The highest BCUT2D eigenvalue weighted by molar-refractivity contribution is 6.05. The summed E-state index contributed by atoms with van der Waals surface area (Å²) in [4.78, 5) is 38.3. The van der Waals surface area contributed by atoms with Gasteiger partial charge in [0.2, 0.25) is 11.8 Å². The molecule has 34 heavy (non-hydrogen) atoms. The Morgan fingerprint density at radius 1 is 0.971 bits per heavy atom. The summed E-state index contributed by atoms with van der Waals surface area (Å²) in [5, 5.41) is 2.34. The van der Waals surface area contributed by atoms with Crippen LogP contribution in [-0.4, -0.2) is 41.9 Å². The van der Waals surface area contributed by atoms with Crippen molar-refractivity contribution in [1.29, 1.82) is 0 Å². The van der Waals surface area contributed by atoms with Crippen LogP contribution in [0.25, 0.3) is 0 Å². The van der Waals surface area contributed by atoms with E-state index in [2.05, 4.69) is 29.6 Å². The number of rotatable bonds is 7. The first kappa shape index (κ1) is 22.6. The number of ether oxygens (including phenoxy) is 2. The molecule has 0 spiro atoms. The van der Waals surface area contributed by atoms with Crippen LogP contribution in [0, 0.1) is 5.92 Å². The van der Waals surface area contributed by atoms with E-state index in [4.69, 9.17) is 9.47 Å². The van der Waals surface area contributed by atoms with E-state index < -0.39 is 11.9 Å². The van der Waals surface area contributed by atoms with Crippen LogP contribution in [0.4, 0.5) is 0 Å². The fourth-order valence-corrected chi connectivity index (χ4v) is 5.06. The summed E-state index contributed by atoms with van der Waals surface area (Å²) in [6.07, 6.45) is 5.20. The van der Waals surface area contributed by atoms with Crippen molar-refractivity contribution >= 4 is 17.7 Å². The zero-order valence-electron chi connectivity index (χ0n) is 19.3. The number of imide groups is 1. The first-order valence-corrected chi connectivity index (χ1v) is 12.1. The molecule has 7 heteroatoms. The summed E-state index contributed by atoms with van der Waals surface area (Å²) >= 11 is 0. The average Bonchev–Trinajstić information content (AvgIpc) is 3.19. The molecule has 3 heterocycles. The molecule has 178 valence electrons. The van der Waals surface area contributed by atoms with Gasteiger partial charge in [0.1, 0.15) is 18.4 Å². The van der Waals surface area contributed by atoms with E-state index >= 15 is 0 Å². The summed E-state index contributed by atoms with van der Waals surface area (Å²) < 4.78 is 11.6. The third-order valence-corrected chi connectivity index (χ3v) is 7.14. The number of hydrogen-bond donors (Lipinski definition) is 1. The Bertz CT molecular complexity index is 1070. The summed E-state index contributed by atoms with van der Waals surface area (Å²) in [5.74, 6) is 0.535.